The topological polar surface area (TPSA) is 32.3 Å². The first kappa shape index (κ1) is 13.8. The Morgan fingerprint density at radius 3 is 2.75 bits per heavy atom. The van der Waals surface area contributed by atoms with E-state index >= 15 is 0 Å². The summed E-state index contributed by atoms with van der Waals surface area (Å²) < 4.78 is 0. The van der Waals surface area contributed by atoms with E-state index in [4.69, 9.17) is 0 Å². The van der Waals surface area contributed by atoms with Crippen molar-refractivity contribution in [2.75, 3.05) is 19.6 Å². The van der Waals surface area contributed by atoms with Crippen LogP contribution >= 0.6 is 12.4 Å². The van der Waals surface area contributed by atoms with Gasteiger partial charge in [-0.1, -0.05) is 13.3 Å². The van der Waals surface area contributed by atoms with Gasteiger partial charge in [0.05, 0.1) is 6.04 Å². The van der Waals surface area contributed by atoms with Crippen LogP contribution in [0.1, 0.15) is 39.0 Å². The second-order valence-electron chi connectivity index (χ2n) is 4.88. The molecule has 2 heterocycles. The molecule has 4 heteroatoms. The molecule has 0 aromatic heterocycles. The quantitative estimate of drug-likeness (QED) is 0.824. The monoisotopic (exact) mass is 246 g/mol. The van der Waals surface area contributed by atoms with Crippen molar-refractivity contribution in [2.45, 2.75) is 45.1 Å². The number of amides is 1. The molecule has 3 nitrogen and oxygen atoms in total. The van der Waals surface area contributed by atoms with Crippen LogP contribution in [0.4, 0.5) is 0 Å². The zero-order valence-electron chi connectivity index (χ0n) is 10.1. The molecule has 94 valence electrons. The maximum atomic E-state index is 12.0. The van der Waals surface area contributed by atoms with E-state index in [0.29, 0.717) is 5.91 Å². The zero-order chi connectivity index (χ0) is 10.7. The van der Waals surface area contributed by atoms with Gasteiger partial charge in [0.2, 0.25) is 5.91 Å². The van der Waals surface area contributed by atoms with Gasteiger partial charge in [0, 0.05) is 13.1 Å². The van der Waals surface area contributed by atoms with E-state index in [1.54, 1.807) is 0 Å². The first-order valence-electron chi connectivity index (χ1n) is 6.33. The van der Waals surface area contributed by atoms with Crippen LogP contribution in [0.5, 0.6) is 0 Å². The average molecular weight is 247 g/mol. The maximum Gasteiger partial charge on any atom is 0.239 e. The van der Waals surface area contributed by atoms with Gasteiger partial charge in [-0.05, 0) is 38.1 Å². The van der Waals surface area contributed by atoms with Gasteiger partial charge < -0.3 is 10.2 Å². The molecule has 0 aliphatic carbocycles. The van der Waals surface area contributed by atoms with Crippen molar-refractivity contribution < 1.29 is 4.79 Å². The summed E-state index contributed by atoms with van der Waals surface area (Å²) in [7, 11) is 0. The van der Waals surface area contributed by atoms with E-state index < -0.39 is 0 Å². The van der Waals surface area contributed by atoms with E-state index in [0.717, 1.165) is 32.0 Å². The molecule has 0 aromatic carbocycles. The van der Waals surface area contributed by atoms with Crippen LogP contribution < -0.4 is 5.32 Å². The zero-order valence-corrected chi connectivity index (χ0v) is 10.9. The van der Waals surface area contributed by atoms with Crippen LogP contribution in [0.25, 0.3) is 0 Å². The highest BCUT2D eigenvalue weighted by Gasteiger charge is 2.31. The number of carbonyl (C=O) groups excluding carboxylic acids is 1. The summed E-state index contributed by atoms with van der Waals surface area (Å²) in [6.45, 7) is 5.24. The number of piperidine rings is 1. The standard InChI is InChI=1S/C12H22N2O.ClH/c1-2-4-10-5-3-8-14(9-10)12(15)11-6-7-13-11;/h10-11,13H,2-9H2,1H3;1H/t10?,11-;/m1./s1. The van der Waals surface area contributed by atoms with Crippen molar-refractivity contribution >= 4 is 18.3 Å². The molecular weight excluding hydrogens is 224 g/mol. The third-order valence-corrected chi connectivity index (χ3v) is 3.65. The molecular formula is C12H23ClN2O. The van der Waals surface area contributed by atoms with E-state index in [-0.39, 0.29) is 18.4 Å². The lowest BCUT2D eigenvalue weighted by Crippen LogP contribution is -2.56. The fraction of sp³-hybridized carbons (Fsp3) is 0.917. The number of halogens is 1. The minimum absolute atomic E-state index is 0. The second-order valence-corrected chi connectivity index (χ2v) is 4.88. The van der Waals surface area contributed by atoms with Crippen molar-refractivity contribution in [3.05, 3.63) is 0 Å². The molecule has 16 heavy (non-hydrogen) atoms. The van der Waals surface area contributed by atoms with Crippen LogP contribution in [0.3, 0.4) is 0 Å². The van der Waals surface area contributed by atoms with Crippen LogP contribution in [-0.4, -0.2) is 36.5 Å². The fourth-order valence-electron chi connectivity index (χ4n) is 2.63. The average Bonchev–Trinajstić information content (AvgIpc) is 2.16. The highest BCUT2D eigenvalue weighted by Crippen LogP contribution is 2.22. The molecule has 2 aliphatic heterocycles. The van der Waals surface area contributed by atoms with E-state index in [9.17, 15) is 4.79 Å². The van der Waals surface area contributed by atoms with Crippen LogP contribution in [0.2, 0.25) is 0 Å². The molecule has 2 rings (SSSR count). The first-order valence-corrected chi connectivity index (χ1v) is 6.33. The fourth-order valence-corrected chi connectivity index (χ4v) is 2.63. The number of carbonyl (C=O) groups is 1. The summed E-state index contributed by atoms with van der Waals surface area (Å²) >= 11 is 0. The summed E-state index contributed by atoms with van der Waals surface area (Å²) in [5, 5.41) is 3.20. The Labute approximate surface area is 104 Å². The molecule has 0 radical (unpaired) electrons. The number of likely N-dealkylation sites (tertiary alicyclic amines) is 1. The van der Waals surface area contributed by atoms with Crippen LogP contribution in [-0.2, 0) is 4.79 Å². The first-order chi connectivity index (χ1) is 7.31. The molecule has 0 spiro atoms. The number of rotatable bonds is 3. The Balaban J connectivity index is 0.00000128. The highest BCUT2D eigenvalue weighted by molar-refractivity contribution is 5.85. The summed E-state index contributed by atoms with van der Waals surface area (Å²) in [5.41, 5.74) is 0. The van der Waals surface area contributed by atoms with Crippen molar-refractivity contribution in [3.8, 4) is 0 Å². The lowest BCUT2D eigenvalue weighted by atomic mass is 9.92. The van der Waals surface area contributed by atoms with Crippen LogP contribution in [0, 0.1) is 5.92 Å². The van der Waals surface area contributed by atoms with Gasteiger partial charge in [0.25, 0.3) is 0 Å². The van der Waals surface area contributed by atoms with Crippen molar-refractivity contribution in [3.63, 3.8) is 0 Å². The third kappa shape index (κ3) is 3.11. The molecule has 2 saturated heterocycles. The van der Waals surface area contributed by atoms with Gasteiger partial charge in [-0.15, -0.1) is 12.4 Å². The van der Waals surface area contributed by atoms with Gasteiger partial charge in [-0.3, -0.25) is 4.79 Å². The highest BCUT2D eigenvalue weighted by atomic mass is 35.5. The molecule has 2 atom stereocenters. The third-order valence-electron chi connectivity index (χ3n) is 3.65. The summed E-state index contributed by atoms with van der Waals surface area (Å²) in [6, 6.07) is 0.144. The molecule has 2 aliphatic rings. The normalized spacial score (nSPS) is 29.2. The van der Waals surface area contributed by atoms with Crippen molar-refractivity contribution in [1.29, 1.82) is 0 Å². The Hall–Kier alpha value is -0.280. The minimum Gasteiger partial charge on any atom is -0.341 e. The molecule has 0 saturated carbocycles. The van der Waals surface area contributed by atoms with E-state index in [2.05, 4.69) is 17.1 Å². The van der Waals surface area contributed by atoms with E-state index in [1.807, 2.05) is 0 Å². The van der Waals surface area contributed by atoms with Gasteiger partial charge in [0.15, 0.2) is 0 Å². The predicted molar refractivity (Wildman–Crippen MR) is 67.9 cm³/mol. The number of nitrogens with zero attached hydrogens (tertiary/aromatic N) is 1. The van der Waals surface area contributed by atoms with Crippen molar-refractivity contribution in [1.82, 2.24) is 10.2 Å². The Kier molecular flexibility index (Phi) is 5.56. The summed E-state index contributed by atoms with van der Waals surface area (Å²) in [4.78, 5) is 14.1. The van der Waals surface area contributed by atoms with Gasteiger partial charge in [-0.25, -0.2) is 0 Å². The van der Waals surface area contributed by atoms with Gasteiger partial charge >= 0.3 is 0 Å². The largest absolute Gasteiger partial charge is 0.341 e. The molecule has 2 fully saturated rings. The smallest absolute Gasteiger partial charge is 0.239 e. The number of hydrogen-bond donors (Lipinski definition) is 1. The Morgan fingerprint density at radius 2 is 2.19 bits per heavy atom. The molecule has 1 N–H and O–H groups in total. The Morgan fingerprint density at radius 1 is 1.44 bits per heavy atom. The number of nitrogens with one attached hydrogen (secondary N) is 1. The predicted octanol–water partition coefficient (Wildman–Crippen LogP) is 1.81. The maximum absolute atomic E-state index is 12.0. The van der Waals surface area contributed by atoms with Gasteiger partial charge in [0.1, 0.15) is 0 Å². The number of hydrogen-bond acceptors (Lipinski definition) is 2. The minimum atomic E-state index is 0. The molecule has 0 bridgehead atoms. The van der Waals surface area contributed by atoms with Crippen LogP contribution in [0.15, 0.2) is 0 Å². The summed E-state index contributed by atoms with van der Waals surface area (Å²) in [6.07, 6.45) is 6.07. The van der Waals surface area contributed by atoms with Crippen molar-refractivity contribution in [2.24, 2.45) is 5.92 Å². The second kappa shape index (κ2) is 6.45. The molecule has 1 unspecified atom stereocenters. The SMILES string of the molecule is CCCC1CCCN(C(=O)[C@H]2CCN2)C1.Cl. The lowest BCUT2D eigenvalue weighted by Gasteiger charge is -2.37. The Bertz CT molecular complexity index is 229. The molecule has 0 aromatic rings. The van der Waals surface area contributed by atoms with E-state index in [1.165, 1.54) is 25.7 Å². The van der Waals surface area contributed by atoms with Gasteiger partial charge in [-0.2, -0.15) is 0 Å². The lowest BCUT2D eigenvalue weighted by molar-refractivity contribution is -0.137. The molecule has 1 amide bonds. The summed E-state index contributed by atoms with van der Waals surface area (Å²) in [5.74, 6) is 1.11.